The summed E-state index contributed by atoms with van der Waals surface area (Å²) in [5.74, 6) is 0.110. The zero-order valence-electron chi connectivity index (χ0n) is 13.1. The van der Waals surface area contributed by atoms with Gasteiger partial charge in [-0.3, -0.25) is 9.48 Å². The highest BCUT2D eigenvalue weighted by Crippen LogP contribution is 2.07. The van der Waals surface area contributed by atoms with Crippen LogP contribution in [0.15, 0.2) is 30.3 Å². The second kappa shape index (κ2) is 6.90. The molecule has 5 heteroatoms. The highest BCUT2D eigenvalue weighted by Gasteiger charge is 2.10. The maximum atomic E-state index is 12.1. The van der Waals surface area contributed by atoms with Crippen LogP contribution in [0, 0.1) is 31.1 Å². The molecule has 2 aromatic rings. The minimum absolute atomic E-state index is 0.155. The first-order valence-corrected chi connectivity index (χ1v) is 7.29. The number of benzene rings is 1. The summed E-state index contributed by atoms with van der Waals surface area (Å²) in [5, 5.41) is 16.2. The molecular formula is C17H20N4O. The lowest BCUT2D eigenvalue weighted by atomic mass is 10.1. The van der Waals surface area contributed by atoms with E-state index in [0.29, 0.717) is 17.7 Å². The molecule has 1 aromatic carbocycles. The maximum Gasteiger partial charge on any atom is 0.251 e. The van der Waals surface area contributed by atoms with Gasteiger partial charge >= 0.3 is 0 Å². The summed E-state index contributed by atoms with van der Waals surface area (Å²) in [4.78, 5) is 12.1. The van der Waals surface area contributed by atoms with E-state index in [0.717, 1.165) is 17.9 Å². The van der Waals surface area contributed by atoms with Crippen LogP contribution in [-0.2, 0) is 6.54 Å². The fourth-order valence-electron chi connectivity index (χ4n) is 2.32. The fraction of sp³-hybridized carbons (Fsp3) is 0.353. The number of nitrogens with one attached hydrogen (secondary N) is 1. The molecule has 0 spiro atoms. The zero-order chi connectivity index (χ0) is 16.1. The Morgan fingerprint density at radius 1 is 1.41 bits per heavy atom. The smallest absolute Gasteiger partial charge is 0.251 e. The van der Waals surface area contributed by atoms with Crippen LogP contribution in [0.25, 0.3) is 0 Å². The standard InChI is InChI=1S/C17H20N4O/c1-12(11-21-14(3)7-13(2)20-21)10-19-17(22)16-6-4-5-15(8-16)9-18/h4-8,12H,10-11H2,1-3H3,(H,19,22). The summed E-state index contributed by atoms with van der Waals surface area (Å²) in [6.45, 7) is 7.39. The van der Waals surface area contributed by atoms with Gasteiger partial charge in [-0.15, -0.1) is 0 Å². The van der Waals surface area contributed by atoms with Crippen molar-refractivity contribution in [3.8, 4) is 6.07 Å². The molecule has 1 atom stereocenters. The predicted molar refractivity (Wildman–Crippen MR) is 84.4 cm³/mol. The molecule has 1 heterocycles. The third-order valence-corrected chi connectivity index (χ3v) is 3.45. The van der Waals surface area contributed by atoms with Crippen molar-refractivity contribution in [2.24, 2.45) is 5.92 Å². The van der Waals surface area contributed by atoms with E-state index in [1.807, 2.05) is 30.7 Å². The number of rotatable bonds is 5. The zero-order valence-corrected chi connectivity index (χ0v) is 13.1. The van der Waals surface area contributed by atoms with Crippen molar-refractivity contribution < 1.29 is 4.79 Å². The number of nitrogens with zero attached hydrogens (tertiary/aromatic N) is 3. The van der Waals surface area contributed by atoms with E-state index in [9.17, 15) is 4.79 Å². The Hall–Kier alpha value is -2.61. The van der Waals surface area contributed by atoms with Gasteiger partial charge in [0.05, 0.1) is 17.3 Å². The highest BCUT2D eigenvalue weighted by atomic mass is 16.1. The Morgan fingerprint density at radius 2 is 2.18 bits per heavy atom. The predicted octanol–water partition coefficient (Wildman–Crippen LogP) is 2.44. The third kappa shape index (κ3) is 3.95. The first-order valence-electron chi connectivity index (χ1n) is 7.29. The van der Waals surface area contributed by atoms with Gasteiger partial charge in [0.25, 0.3) is 5.91 Å². The van der Waals surface area contributed by atoms with Crippen molar-refractivity contribution >= 4 is 5.91 Å². The van der Waals surface area contributed by atoms with Gasteiger partial charge in [0.1, 0.15) is 0 Å². The highest BCUT2D eigenvalue weighted by molar-refractivity contribution is 5.94. The van der Waals surface area contributed by atoms with Crippen molar-refractivity contribution in [2.75, 3.05) is 6.54 Å². The summed E-state index contributed by atoms with van der Waals surface area (Å²) < 4.78 is 1.96. The summed E-state index contributed by atoms with van der Waals surface area (Å²) in [7, 11) is 0. The number of carbonyl (C=O) groups is 1. The Balaban J connectivity index is 1.90. The van der Waals surface area contributed by atoms with Crippen LogP contribution in [0.4, 0.5) is 0 Å². The van der Waals surface area contributed by atoms with Crippen LogP contribution in [0.2, 0.25) is 0 Å². The molecule has 1 amide bonds. The molecule has 0 aliphatic rings. The summed E-state index contributed by atoms with van der Waals surface area (Å²) >= 11 is 0. The molecule has 0 saturated carbocycles. The van der Waals surface area contributed by atoms with Crippen LogP contribution in [-0.4, -0.2) is 22.2 Å². The van der Waals surface area contributed by atoms with Crippen molar-refractivity contribution in [1.82, 2.24) is 15.1 Å². The van der Waals surface area contributed by atoms with Crippen molar-refractivity contribution in [3.63, 3.8) is 0 Å². The molecule has 0 radical (unpaired) electrons. The Kier molecular flexibility index (Phi) is 4.95. The first kappa shape index (κ1) is 15.8. The molecule has 0 saturated heterocycles. The molecule has 1 N–H and O–H groups in total. The van der Waals surface area contributed by atoms with Crippen molar-refractivity contribution in [2.45, 2.75) is 27.3 Å². The van der Waals surface area contributed by atoms with Gasteiger partial charge in [-0.2, -0.15) is 10.4 Å². The van der Waals surface area contributed by atoms with Crippen molar-refractivity contribution in [3.05, 3.63) is 52.8 Å². The van der Waals surface area contributed by atoms with Crippen LogP contribution in [0.1, 0.15) is 34.2 Å². The minimum Gasteiger partial charge on any atom is -0.352 e. The molecule has 1 aromatic heterocycles. The molecule has 0 fully saturated rings. The molecule has 0 bridgehead atoms. The quantitative estimate of drug-likeness (QED) is 0.921. The molecule has 5 nitrogen and oxygen atoms in total. The number of nitriles is 1. The second-order valence-electron chi connectivity index (χ2n) is 5.62. The number of hydrogen-bond donors (Lipinski definition) is 1. The van der Waals surface area contributed by atoms with Crippen LogP contribution < -0.4 is 5.32 Å². The Morgan fingerprint density at radius 3 is 2.82 bits per heavy atom. The average molecular weight is 296 g/mol. The van der Waals surface area contributed by atoms with Gasteiger partial charge in [0.2, 0.25) is 0 Å². The lowest BCUT2D eigenvalue weighted by Gasteiger charge is -2.14. The van der Waals surface area contributed by atoms with E-state index in [1.54, 1.807) is 24.3 Å². The maximum absolute atomic E-state index is 12.1. The topological polar surface area (TPSA) is 70.7 Å². The lowest BCUT2D eigenvalue weighted by molar-refractivity contribution is 0.0946. The van der Waals surface area contributed by atoms with Gasteiger partial charge in [-0.25, -0.2) is 0 Å². The molecule has 114 valence electrons. The summed E-state index contributed by atoms with van der Waals surface area (Å²) in [6, 6.07) is 10.8. The van der Waals surface area contributed by atoms with Crippen molar-refractivity contribution in [1.29, 1.82) is 5.26 Å². The largest absolute Gasteiger partial charge is 0.352 e. The van der Waals surface area contributed by atoms with Gasteiger partial charge < -0.3 is 5.32 Å². The van der Waals surface area contributed by atoms with Crippen LogP contribution >= 0.6 is 0 Å². The van der Waals surface area contributed by atoms with Crippen LogP contribution in [0.5, 0.6) is 0 Å². The van der Waals surface area contributed by atoms with E-state index in [1.165, 1.54) is 0 Å². The SMILES string of the molecule is Cc1cc(C)n(CC(C)CNC(=O)c2cccc(C#N)c2)n1. The molecule has 22 heavy (non-hydrogen) atoms. The third-order valence-electron chi connectivity index (χ3n) is 3.45. The van der Waals surface area contributed by atoms with Gasteiger partial charge in [-0.05, 0) is 44.0 Å². The van der Waals surface area contributed by atoms with Gasteiger partial charge in [0.15, 0.2) is 0 Å². The number of hydrogen-bond acceptors (Lipinski definition) is 3. The molecule has 2 rings (SSSR count). The minimum atomic E-state index is -0.155. The number of aryl methyl sites for hydroxylation is 2. The van der Waals surface area contributed by atoms with Crippen LogP contribution in [0.3, 0.4) is 0 Å². The molecule has 0 aliphatic heterocycles. The second-order valence-corrected chi connectivity index (χ2v) is 5.62. The van der Waals surface area contributed by atoms with E-state index in [-0.39, 0.29) is 11.8 Å². The molecule has 0 aliphatic carbocycles. The number of aromatic nitrogens is 2. The van der Waals surface area contributed by atoms with Gasteiger partial charge in [0, 0.05) is 24.3 Å². The monoisotopic (exact) mass is 296 g/mol. The lowest BCUT2D eigenvalue weighted by Crippen LogP contribution is -2.30. The summed E-state index contributed by atoms with van der Waals surface area (Å²) in [5.41, 5.74) is 3.13. The van der Waals surface area contributed by atoms with Gasteiger partial charge in [-0.1, -0.05) is 13.0 Å². The average Bonchev–Trinajstić information content (AvgIpc) is 2.82. The fourth-order valence-corrected chi connectivity index (χ4v) is 2.32. The Labute approximate surface area is 130 Å². The first-order chi connectivity index (χ1) is 10.5. The normalized spacial score (nSPS) is 11.7. The molecule has 1 unspecified atom stereocenters. The van der Waals surface area contributed by atoms with E-state index in [4.69, 9.17) is 5.26 Å². The molecular weight excluding hydrogens is 276 g/mol. The van der Waals surface area contributed by atoms with E-state index >= 15 is 0 Å². The van der Waals surface area contributed by atoms with E-state index < -0.39 is 0 Å². The number of carbonyl (C=O) groups excluding carboxylic acids is 1. The summed E-state index contributed by atoms with van der Waals surface area (Å²) in [6.07, 6.45) is 0. The van der Waals surface area contributed by atoms with E-state index in [2.05, 4.69) is 17.3 Å². The Bertz CT molecular complexity index is 712. The number of amides is 1.